The number of halogens is 1. The summed E-state index contributed by atoms with van der Waals surface area (Å²) in [6.07, 6.45) is 0. The Morgan fingerprint density at radius 1 is 1.06 bits per heavy atom. The van der Waals surface area contributed by atoms with Gasteiger partial charge in [0.05, 0.1) is 28.8 Å². The van der Waals surface area contributed by atoms with Crippen molar-refractivity contribution in [2.75, 3.05) is 42.3 Å². The van der Waals surface area contributed by atoms with Crippen LogP contribution in [0.1, 0.15) is 13.8 Å². The Kier molecular flexibility index (Phi) is 7.73. The number of rotatable bonds is 7. The van der Waals surface area contributed by atoms with Crippen LogP contribution in [-0.4, -0.2) is 56.9 Å². The second kappa shape index (κ2) is 10.3. The van der Waals surface area contributed by atoms with E-state index in [0.717, 1.165) is 0 Å². The number of hydrogen-bond donors (Lipinski definition) is 3. The van der Waals surface area contributed by atoms with Crippen LogP contribution >= 0.6 is 11.6 Å². The molecule has 1 atom stereocenters. The lowest BCUT2D eigenvalue weighted by atomic mass is 10.2. The number of anilines is 3. The van der Waals surface area contributed by atoms with Crippen LogP contribution in [0.25, 0.3) is 0 Å². The highest BCUT2D eigenvalue weighted by Crippen LogP contribution is 2.26. The number of amides is 2. The predicted octanol–water partition coefficient (Wildman–Crippen LogP) is 2.76. The van der Waals surface area contributed by atoms with Crippen LogP contribution in [0.2, 0.25) is 5.02 Å². The molecule has 1 heterocycles. The summed E-state index contributed by atoms with van der Waals surface area (Å²) in [6, 6.07) is 10.4. The molecule has 0 saturated carbocycles. The minimum Gasteiger partial charge on any atom is -0.379 e. The van der Waals surface area contributed by atoms with Crippen molar-refractivity contribution >= 4 is 50.5 Å². The number of carbonyl (C=O) groups is 2. The molecule has 2 aromatic rings. The van der Waals surface area contributed by atoms with Gasteiger partial charge in [-0.15, -0.1) is 0 Å². The van der Waals surface area contributed by atoms with Crippen molar-refractivity contribution in [3.05, 3.63) is 47.5 Å². The Labute approximate surface area is 192 Å². The zero-order valence-corrected chi connectivity index (χ0v) is 19.3. The van der Waals surface area contributed by atoms with Gasteiger partial charge in [-0.3, -0.25) is 9.59 Å². The fraction of sp³-hybridized carbons (Fsp3) is 0.333. The monoisotopic (exact) mass is 480 g/mol. The average Bonchev–Trinajstić information content (AvgIpc) is 2.76. The number of morpholine rings is 1. The molecule has 1 fully saturated rings. The maximum absolute atomic E-state index is 12.8. The molecule has 2 aromatic carbocycles. The molecule has 0 aromatic heterocycles. The van der Waals surface area contributed by atoms with Crippen molar-refractivity contribution in [1.29, 1.82) is 0 Å². The van der Waals surface area contributed by atoms with Gasteiger partial charge in [0.15, 0.2) is 0 Å². The van der Waals surface area contributed by atoms with Crippen LogP contribution in [0.3, 0.4) is 0 Å². The van der Waals surface area contributed by atoms with E-state index >= 15 is 0 Å². The summed E-state index contributed by atoms with van der Waals surface area (Å²) < 4.78 is 32.3. The lowest BCUT2D eigenvalue weighted by Gasteiger charge is -2.26. The summed E-state index contributed by atoms with van der Waals surface area (Å²) in [4.78, 5) is 23.9. The van der Waals surface area contributed by atoms with Gasteiger partial charge in [-0.05, 0) is 43.3 Å². The number of nitrogens with zero attached hydrogens (tertiary/aromatic N) is 1. The Bertz CT molecular complexity index is 1100. The van der Waals surface area contributed by atoms with Crippen LogP contribution in [-0.2, 0) is 24.3 Å². The van der Waals surface area contributed by atoms with Gasteiger partial charge in [-0.2, -0.15) is 4.31 Å². The molecule has 0 radical (unpaired) electrons. The molecule has 32 heavy (non-hydrogen) atoms. The largest absolute Gasteiger partial charge is 0.379 e. The van der Waals surface area contributed by atoms with E-state index < -0.39 is 16.1 Å². The van der Waals surface area contributed by atoms with Crippen molar-refractivity contribution in [3.8, 4) is 0 Å². The Morgan fingerprint density at radius 3 is 2.44 bits per heavy atom. The van der Waals surface area contributed by atoms with E-state index in [9.17, 15) is 18.0 Å². The topological polar surface area (TPSA) is 117 Å². The van der Waals surface area contributed by atoms with E-state index in [1.807, 2.05) is 0 Å². The molecule has 1 unspecified atom stereocenters. The fourth-order valence-electron chi connectivity index (χ4n) is 3.13. The fourth-order valence-corrected chi connectivity index (χ4v) is 4.81. The summed E-state index contributed by atoms with van der Waals surface area (Å²) in [5.41, 5.74) is 1.44. The van der Waals surface area contributed by atoms with E-state index in [1.165, 1.54) is 23.4 Å². The molecule has 9 nitrogen and oxygen atoms in total. The first kappa shape index (κ1) is 24.0. The van der Waals surface area contributed by atoms with E-state index in [2.05, 4.69) is 16.0 Å². The third-order valence-corrected chi connectivity index (χ3v) is 6.97. The summed E-state index contributed by atoms with van der Waals surface area (Å²) in [7, 11) is -3.66. The molecular weight excluding hydrogens is 456 g/mol. The second-order valence-corrected chi connectivity index (χ2v) is 9.62. The number of nitrogens with one attached hydrogen (secondary N) is 3. The van der Waals surface area contributed by atoms with Crippen LogP contribution in [0, 0.1) is 0 Å². The minimum absolute atomic E-state index is 0.109. The van der Waals surface area contributed by atoms with Crippen LogP contribution in [0.5, 0.6) is 0 Å². The standard InChI is InChI=1S/C21H25ClN4O5S/c1-14(23-17-6-7-20(19(22)13-17)24-15(2)27)21(28)25-16-4-3-5-18(12-16)32(29,30)26-8-10-31-11-9-26/h3-7,12-14,23H,8-11H2,1-2H3,(H,24,27)(H,25,28). The molecule has 0 spiro atoms. The van der Waals surface area contributed by atoms with Gasteiger partial charge < -0.3 is 20.7 Å². The quantitative estimate of drug-likeness (QED) is 0.561. The van der Waals surface area contributed by atoms with E-state index in [1.54, 1.807) is 37.3 Å². The maximum atomic E-state index is 12.8. The zero-order chi connectivity index (χ0) is 23.3. The molecule has 0 bridgehead atoms. The molecular formula is C21H25ClN4O5S. The van der Waals surface area contributed by atoms with Crippen molar-refractivity contribution in [1.82, 2.24) is 4.31 Å². The first-order valence-electron chi connectivity index (χ1n) is 9.99. The normalized spacial score (nSPS) is 15.6. The van der Waals surface area contributed by atoms with Crippen molar-refractivity contribution in [3.63, 3.8) is 0 Å². The smallest absolute Gasteiger partial charge is 0.246 e. The maximum Gasteiger partial charge on any atom is 0.246 e. The van der Waals surface area contributed by atoms with Gasteiger partial charge in [-0.1, -0.05) is 17.7 Å². The van der Waals surface area contributed by atoms with Crippen LogP contribution in [0.15, 0.2) is 47.4 Å². The van der Waals surface area contributed by atoms with Gasteiger partial charge in [0, 0.05) is 31.4 Å². The molecule has 11 heteroatoms. The molecule has 3 rings (SSSR count). The molecule has 0 aliphatic carbocycles. The number of hydrogen-bond acceptors (Lipinski definition) is 6. The Hall–Kier alpha value is -2.66. The number of ether oxygens (including phenoxy) is 1. The highest BCUT2D eigenvalue weighted by atomic mass is 35.5. The highest BCUT2D eigenvalue weighted by molar-refractivity contribution is 7.89. The van der Waals surface area contributed by atoms with E-state index in [0.29, 0.717) is 48.4 Å². The highest BCUT2D eigenvalue weighted by Gasteiger charge is 2.26. The molecule has 1 aliphatic heterocycles. The van der Waals surface area contributed by atoms with Crippen LogP contribution < -0.4 is 16.0 Å². The summed E-state index contributed by atoms with van der Waals surface area (Å²) in [5.74, 6) is -0.591. The molecule has 3 N–H and O–H groups in total. The lowest BCUT2D eigenvalue weighted by Crippen LogP contribution is -2.40. The first-order valence-corrected chi connectivity index (χ1v) is 11.8. The van der Waals surface area contributed by atoms with Gasteiger partial charge in [0.1, 0.15) is 6.04 Å². The molecule has 1 aliphatic rings. The summed E-state index contributed by atoms with van der Waals surface area (Å²) >= 11 is 6.17. The zero-order valence-electron chi connectivity index (χ0n) is 17.7. The number of benzene rings is 2. The minimum atomic E-state index is -3.66. The van der Waals surface area contributed by atoms with E-state index in [4.69, 9.17) is 16.3 Å². The average molecular weight is 481 g/mol. The van der Waals surface area contributed by atoms with Gasteiger partial charge in [0.2, 0.25) is 21.8 Å². The SMILES string of the molecule is CC(=O)Nc1ccc(NC(C)C(=O)Nc2cccc(S(=O)(=O)N3CCOCC3)c2)cc1Cl. The predicted molar refractivity (Wildman–Crippen MR) is 123 cm³/mol. The summed E-state index contributed by atoms with van der Waals surface area (Å²) in [6.45, 7) is 4.35. The van der Waals surface area contributed by atoms with Gasteiger partial charge >= 0.3 is 0 Å². The van der Waals surface area contributed by atoms with Crippen LogP contribution in [0.4, 0.5) is 17.1 Å². The molecule has 1 saturated heterocycles. The van der Waals surface area contributed by atoms with Gasteiger partial charge in [-0.25, -0.2) is 8.42 Å². The second-order valence-electron chi connectivity index (χ2n) is 7.28. The first-order chi connectivity index (χ1) is 15.2. The Balaban J connectivity index is 1.66. The van der Waals surface area contributed by atoms with Crippen molar-refractivity contribution in [2.24, 2.45) is 0 Å². The van der Waals surface area contributed by atoms with Gasteiger partial charge in [0.25, 0.3) is 0 Å². The van der Waals surface area contributed by atoms with Crippen molar-refractivity contribution < 1.29 is 22.7 Å². The number of carbonyl (C=O) groups excluding carboxylic acids is 2. The third kappa shape index (κ3) is 5.98. The third-order valence-electron chi connectivity index (χ3n) is 4.77. The van der Waals surface area contributed by atoms with Crippen molar-refractivity contribution in [2.45, 2.75) is 24.8 Å². The molecule has 172 valence electrons. The summed E-state index contributed by atoms with van der Waals surface area (Å²) in [5, 5.41) is 8.71. The lowest BCUT2D eigenvalue weighted by molar-refractivity contribution is -0.116. The number of sulfonamides is 1. The van der Waals surface area contributed by atoms with E-state index in [-0.39, 0.29) is 16.7 Å². The molecule has 2 amide bonds. The Morgan fingerprint density at radius 2 is 1.78 bits per heavy atom.